The number of benzene rings is 2. The lowest BCUT2D eigenvalue weighted by Gasteiger charge is -2.51. The molecule has 0 saturated carbocycles. The van der Waals surface area contributed by atoms with E-state index in [0.717, 1.165) is 48.1 Å². The molecule has 6 heteroatoms. The number of carbonyl (C=O) groups is 1. The Balaban J connectivity index is 1.56. The van der Waals surface area contributed by atoms with Crippen molar-refractivity contribution in [3.63, 3.8) is 0 Å². The molecule has 0 radical (unpaired) electrons. The minimum Gasteiger partial charge on any atom is -0.497 e. The number of nitrogens with zero attached hydrogens (tertiary/aromatic N) is 2. The first-order valence-corrected chi connectivity index (χ1v) is 11.7. The van der Waals surface area contributed by atoms with Crippen molar-refractivity contribution in [1.29, 1.82) is 0 Å². The summed E-state index contributed by atoms with van der Waals surface area (Å²) in [5.74, 6) is 1.43. The van der Waals surface area contributed by atoms with Crippen LogP contribution in [0.1, 0.15) is 34.9 Å². The number of piperidine rings is 3. The van der Waals surface area contributed by atoms with Crippen molar-refractivity contribution in [1.82, 2.24) is 9.88 Å². The van der Waals surface area contributed by atoms with E-state index in [1.807, 2.05) is 24.3 Å². The standard InChI is InChI=1S/C27H27ClN2O3/c1-3-17-16-30-13-11-19(17)14-25(30)26(33-27(31)18-4-6-20(28)7-5-18)22-10-12-29-24-9-8-21(32-2)15-23(22)24/h3-10,12,15,17,19,25-26H,1,11,13-14,16H2,2H3/t17-,19-,25+,26-/m0/s1. The van der Waals surface area contributed by atoms with Gasteiger partial charge in [0.2, 0.25) is 0 Å². The van der Waals surface area contributed by atoms with Crippen LogP contribution in [0, 0.1) is 11.8 Å². The number of halogens is 1. The van der Waals surface area contributed by atoms with Gasteiger partial charge in [0, 0.05) is 28.7 Å². The molecule has 3 aliphatic rings. The van der Waals surface area contributed by atoms with Crippen molar-refractivity contribution in [3.8, 4) is 5.75 Å². The van der Waals surface area contributed by atoms with Gasteiger partial charge in [0.15, 0.2) is 0 Å². The van der Waals surface area contributed by atoms with E-state index in [1.54, 1.807) is 37.6 Å². The minimum atomic E-state index is -0.431. The van der Waals surface area contributed by atoms with E-state index in [-0.39, 0.29) is 12.0 Å². The Kier molecular flexibility index (Phi) is 6.09. The van der Waals surface area contributed by atoms with E-state index < -0.39 is 6.10 Å². The highest BCUT2D eigenvalue weighted by Crippen LogP contribution is 2.44. The SMILES string of the molecule is C=C[C@H]1CN2CC[C@H]1C[C@@H]2[C@@H](OC(=O)c1ccc(Cl)cc1)c1ccnc2ccc(OC)cc12. The second kappa shape index (κ2) is 9.16. The fourth-order valence-corrected chi connectivity index (χ4v) is 5.46. The Morgan fingerprint density at radius 3 is 2.76 bits per heavy atom. The molecule has 6 rings (SSSR count). The molecule has 33 heavy (non-hydrogen) atoms. The van der Waals surface area contributed by atoms with Crippen LogP contribution in [0.25, 0.3) is 10.9 Å². The van der Waals surface area contributed by atoms with Crippen molar-refractivity contribution in [2.75, 3.05) is 20.2 Å². The molecule has 0 N–H and O–H groups in total. The summed E-state index contributed by atoms with van der Waals surface area (Å²) >= 11 is 6.02. The number of pyridine rings is 1. The number of esters is 1. The van der Waals surface area contributed by atoms with Crippen molar-refractivity contribution >= 4 is 28.5 Å². The number of hydrogen-bond acceptors (Lipinski definition) is 5. The molecule has 5 nitrogen and oxygen atoms in total. The molecule has 2 aromatic carbocycles. The van der Waals surface area contributed by atoms with Gasteiger partial charge < -0.3 is 9.47 Å². The highest BCUT2D eigenvalue weighted by Gasteiger charge is 2.44. The molecular formula is C27H27ClN2O3. The first kappa shape index (κ1) is 21.9. The Morgan fingerprint density at radius 2 is 2.06 bits per heavy atom. The van der Waals surface area contributed by atoms with Crippen molar-refractivity contribution in [2.45, 2.75) is 25.0 Å². The van der Waals surface area contributed by atoms with Crippen LogP contribution < -0.4 is 4.74 Å². The maximum absolute atomic E-state index is 13.2. The number of ether oxygens (including phenoxy) is 2. The molecule has 2 bridgehead atoms. The number of methoxy groups -OCH3 is 1. The number of hydrogen-bond donors (Lipinski definition) is 0. The van der Waals surface area contributed by atoms with Crippen LogP contribution in [0.15, 0.2) is 67.4 Å². The number of aromatic nitrogens is 1. The Labute approximate surface area is 199 Å². The molecule has 0 amide bonds. The predicted molar refractivity (Wildman–Crippen MR) is 130 cm³/mol. The van der Waals surface area contributed by atoms with Crippen LogP contribution in [0.2, 0.25) is 5.02 Å². The summed E-state index contributed by atoms with van der Waals surface area (Å²) < 4.78 is 11.8. The van der Waals surface area contributed by atoms with Crippen molar-refractivity contribution in [2.24, 2.45) is 11.8 Å². The maximum Gasteiger partial charge on any atom is 0.338 e. The highest BCUT2D eigenvalue weighted by atomic mass is 35.5. The van der Waals surface area contributed by atoms with Gasteiger partial charge >= 0.3 is 5.97 Å². The number of carbonyl (C=O) groups excluding carboxylic acids is 1. The lowest BCUT2D eigenvalue weighted by atomic mass is 9.73. The Hall–Kier alpha value is -2.89. The monoisotopic (exact) mass is 462 g/mol. The zero-order chi connectivity index (χ0) is 22.9. The van der Waals surface area contributed by atoms with E-state index in [4.69, 9.17) is 21.1 Å². The molecule has 3 aromatic rings. The van der Waals surface area contributed by atoms with Crippen molar-refractivity contribution in [3.05, 3.63) is 83.5 Å². The first-order chi connectivity index (χ1) is 16.1. The van der Waals surface area contributed by atoms with Gasteiger partial charge in [-0.2, -0.15) is 0 Å². The minimum absolute atomic E-state index is 0.0907. The molecule has 0 aliphatic carbocycles. The van der Waals surface area contributed by atoms with E-state index >= 15 is 0 Å². The summed E-state index contributed by atoms with van der Waals surface area (Å²) in [6.45, 7) is 5.99. The van der Waals surface area contributed by atoms with Crippen LogP contribution in [0.5, 0.6) is 5.75 Å². The molecule has 1 aromatic heterocycles. The molecule has 4 heterocycles. The topological polar surface area (TPSA) is 51.7 Å². The summed E-state index contributed by atoms with van der Waals surface area (Å²) in [5, 5.41) is 1.52. The van der Waals surface area contributed by atoms with Crippen molar-refractivity contribution < 1.29 is 14.3 Å². The second-order valence-corrected chi connectivity index (χ2v) is 9.30. The van der Waals surface area contributed by atoms with Gasteiger partial charge in [0.25, 0.3) is 0 Å². The van der Waals surface area contributed by atoms with Gasteiger partial charge in [-0.3, -0.25) is 9.88 Å². The lowest BCUT2D eigenvalue weighted by Crippen LogP contribution is -2.55. The highest BCUT2D eigenvalue weighted by molar-refractivity contribution is 6.30. The smallest absolute Gasteiger partial charge is 0.338 e. The van der Waals surface area contributed by atoms with Crippen LogP contribution in [-0.2, 0) is 4.74 Å². The summed E-state index contributed by atoms with van der Waals surface area (Å²) in [5.41, 5.74) is 2.29. The molecule has 3 aliphatic heterocycles. The fraction of sp³-hybridized carbons (Fsp3) is 0.333. The molecule has 0 spiro atoms. The van der Waals surface area contributed by atoms with Gasteiger partial charge in [-0.1, -0.05) is 17.7 Å². The zero-order valence-electron chi connectivity index (χ0n) is 18.6. The van der Waals surface area contributed by atoms with E-state index in [9.17, 15) is 4.79 Å². The summed E-state index contributed by atoms with van der Waals surface area (Å²) in [7, 11) is 1.65. The molecule has 1 unspecified atom stereocenters. The quantitative estimate of drug-likeness (QED) is 0.348. The van der Waals surface area contributed by atoms with Crippen LogP contribution in [-0.4, -0.2) is 42.1 Å². The van der Waals surface area contributed by atoms with E-state index in [1.165, 1.54) is 0 Å². The maximum atomic E-state index is 13.2. The molecule has 170 valence electrons. The van der Waals surface area contributed by atoms with E-state index in [0.29, 0.717) is 22.4 Å². The van der Waals surface area contributed by atoms with Crippen LogP contribution in [0.3, 0.4) is 0 Å². The third kappa shape index (κ3) is 4.23. The zero-order valence-corrected chi connectivity index (χ0v) is 19.4. The summed E-state index contributed by atoms with van der Waals surface area (Å²) in [4.78, 5) is 20.2. The third-order valence-corrected chi connectivity index (χ3v) is 7.36. The normalized spacial score (nSPS) is 24.9. The molecule has 3 fully saturated rings. The van der Waals surface area contributed by atoms with Gasteiger partial charge in [-0.15, -0.1) is 6.58 Å². The Bertz CT molecular complexity index is 1180. The average molecular weight is 463 g/mol. The Morgan fingerprint density at radius 1 is 1.24 bits per heavy atom. The van der Waals surface area contributed by atoms with Crippen LogP contribution in [0.4, 0.5) is 0 Å². The largest absolute Gasteiger partial charge is 0.497 e. The summed E-state index contributed by atoms with van der Waals surface area (Å²) in [6.07, 6.45) is 5.54. The summed E-state index contributed by atoms with van der Waals surface area (Å²) in [6, 6.07) is 14.7. The fourth-order valence-electron chi connectivity index (χ4n) is 5.33. The first-order valence-electron chi connectivity index (χ1n) is 11.3. The number of fused-ring (bicyclic) bond motifs is 4. The molecule has 3 saturated heterocycles. The number of rotatable bonds is 6. The van der Waals surface area contributed by atoms with Gasteiger partial charge in [0.1, 0.15) is 11.9 Å². The second-order valence-electron chi connectivity index (χ2n) is 8.86. The van der Waals surface area contributed by atoms with Crippen LogP contribution >= 0.6 is 11.6 Å². The van der Waals surface area contributed by atoms with E-state index in [2.05, 4.69) is 22.5 Å². The average Bonchev–Trinajstić information content (AvgIpc) is 2.87. The third-order valence-electron chi connectivity index (χ3n) is 7.11. The molecule has 5 atom stereocenters. The van der Waals surface area contributed by atoms with Gasteiger partial charge in [-0.05, 0) is 79.8 Å². The molecular weight excluding hydrogens is 436 g/mol. The van der Waals surface area contributed by atoms with Gasteiger partial charge in [-0.25, -0.2) is 4.79 Å². The lowest BCUT2D eigenvalue weighted by molar-refractivity contribution is -0.0568. The predicted octanol–water partition coefficient (Wildman–Crippen LogP) is 5.69. The van der Waals surface area contributed by atoms with Gasteiger partial charge in [0.05, 0.1) is 24.2 Å².